The van der Waals surface area contributed by atoms with E-state index < -0.39 is 0 Å². The van der Waals surface area contributed by atoms with Gasteiger partial charge in [0.25, 0.3) is 0 Å². The minimum absolute atomic E-state index is 0.669. The fourth-order valence-corrected chi connectivity index (χ4v) is 2.46. The maximum Gasteiger partial charge on any atom is 0.142 e. The summed E-state index contributed by atoms with van der Waals surface area (Å²) in [4.78, 5) is 2.43. The van der Waals surface area contributed by atoms with E-state index in [-0.39, 0.29) is 0 Å². The zero-order valence-electron chi connectivity index (χ0n) is 11.0. The zero-order valence-corrected chi connectivity index (χ0v) is 11.0. The van der Waals surface area contributed by atoms with Crippen LogP contribution in [-0.4, -0.2) is 33.3 Å². The molecule has 1 N–H and O–H groups in total. The summed E-state index contributed by atoms with van der Waals surface area (Å²) in [6.07, 6.45) is 2.40. The SMILES string of the molecule is CNC1CCN(c2cc(C)ccc2OC)CC1. The number of rotatable bonds is 3. The summed E-state index contributed by atoms with van der Waals surface area (Å²) in [5, 5.41) is 3.36. The van der Waals surface area contributed by atoms with E-state index in [1.54, 1.807) is 7.11 Å². The first-order chi connectivity index (χ1) is 8.24. The maximum atomic E-state index is 5.45. The number of hydrogen-bond acceptors (Lipinski definition) is 3. The van der Waals surface area contributed by atoms with Gasteiger partial charge in [0.05, 0.1) is 12.8 Å². The minimum Gasteiger partial charge on any atom is -0.495 e. The van der Waals surface area contributed by atoms with E-state index in [0.717, 1.165) is 18.8 Å². The number of ether oxygens (including phenoxy) is 1. The van der Waals surface area contributed by atoms with Gasteiger partial charge < -0.3 is 15.0 Å². The largest absolute Gasteiger partial charge is 0.495 e. The summed E-state index contributed by atoms with van der Waals surface area (Å²) in [6, 6.07) is 7.05. The predicted molar refractivity (Wildman–Crippen MR) is 72.0 cm³/mol. The van der Waals surface area contributed by atoms with Crippen LogP contribution in [0.25, 0.3) is 0 Å². The van der Waals surface area contributed by atoms with Crippen LogP contribution in [0, 0.1) is 6.92 Å². The first-order valence-electron chi connectivity index (χ1n) is 6.31. The third-order valence-corrected chi connectivity index (χ3v) is 3.58. The van der Waals surface area contributed by atoms with Crippen LogP contribution in [0.1, 0.15) is 18.4 Å². The zero-order chi connectivity index (χ0) is 12.3. The van der Waals surface area contributed by atoms with Gasteiger partial charge in [0.1, 0.15) is 5.75 Å². The Kier molecular flexibility index (Phi) is 3.89. The fraction of sp³-hybridized carbons (Fsp3) is 0.571. The molecule has 17 heavy (non-hydrogen) atoms. The molecule has 0 spiro atoms. The van der Waals surface area contributed by atoms with Gasteiger partial charge in [0.2, 0.25) is 0 Å². The molecule has 0 amide bonds. The Labute approximate surface area is 104 Å². The lowest BCUT2D eigenvalue weighted by molar-refractivity contribution is 0.406. The molecule has 3 heteroatoms. The third-order valence-electron chi connectivity index (χ3n) is 3.58. The number of piperidine rings is 1. The number of nitrogens with zero attached hydrogens (tertiary/aromatic N) is 1. The first-order valence-corrected chi connectivity index (χ1v) is 6.31. The van der Waals surface area contributed by atoms with Crippen molar-refractivity contribution in [3.05, 3.63) is 23.8 Å². The molecule has 1 aromatic rings. The van der Waals surface area contributed by atoms with Crippen molar-refractivity contribution in [3.63, 3.8) is 0 Å². The second-order valence-corrected chi connectivity index (χ2v) is 4.73. The average Bonchev–Trinajstić information content (AvgIpc) is 2.39. The molecule has 1 fully saturated rings. The molecule has 3 nitrogen and oxygen atoms in total. The molecule has 2 rings (SSSR count). The lowest BCUT2D eigenvalue weighted by atomic mass is 10.0. The Morgan fingerprint density at radius 3 is 2.59 bits per heavy atom. The smallest absolute Gasteiger partial charge is 0.142 e. The highest BCUT2D eigenvalue weighted by Crippen LogP contribution is 2.31. The molecule has 0 atom stereocenters. The van der Waals surface area contributed by atoms with Crippen molar-refractivity contribution in [3.8, 4) is 5.75 Å². The summed E-state index contributed by atoms with van der Waals surface area (Å²) in [7, 11) is 3.79. The van der Waals surface area contributed by atoms with Crippen molar-refractivity contribution >= 4 is 5.69 Å². The highest BCUT2D eigenvalue weighted by atomic mass is 16.5. The molecule has 94 valence electrons. The summed E-state index contributed by atoms with van der Waals surface area (Å²) in [5.41, 5.74) is 2.53. The van der Waals surface area contributed by atoms with Gasteiger partial charge in [-0.05, 0) is 44.5 Å². The molecule has 0 radical (unpaired) electrons. The molecular weight excluding hydrogens is 212 g/mol. The first kappa shape index (κ1) is 12.2. The molecule has 1 aliphatic rings. The summed E-state index contributed by atoms with van der Waals surface area (Å²) in [6.45, 7) is 4.33. The van der Waals surface area contributed by atoms with Gasteiger partial charge in [-0.15, -0.1) is 0 Å². The van der Waals surface area contributed by atoms with Crippen LogP contribution in [0.5, 0.6) is 5.75 Å². The van der Waals surface area contributed by atoms with Crippen molar-refractivity contribution in [2.24, 2.45) is 0 Å². The summed E-state index contributed by atoms with van der Waals surface area (Å²) in [5.74, 6) is 0.985. The summed E-state index contributed by atoms with van der Waals surface area (Å²) < 4.78 is 5.45. The van der Waals surface area contributed by atoms with Crippen LogP contribution in [0.15, 0.2) is 18.2 Å². The maximum absolute atomic E-state index is 5.45. The van der Waals surface area contributed by atoms with Crippen LogP contribution < -0.4 is 15.0 Å². The van der Waals surface area contributed by atoms with Crippen molar-refractivity contribution in [1.29, 1.82) is 0 Å². The molecular formula is C14H22N2O. The number of methoxy groups -OCH3 is 1. The second kappa shape index (κ2) is 5.41. The Bertz CT molecular complexity index is 370. The number of hydrogen-bond donors (Lipinski definition) is 1. The van der Waals surface area contributed by atoms with Crippen molar-refractivity contribution in [1.82, 2.24) is 5.32 Å². The van der Waals surface area contributed by atoms with Gasteiger partial charge in [-0.2, -0.15) is 0 Å². The van der Waals surface area contributed by atoms with Crippen molar-refractivity contribution in [2.45, 2.75) is 25.8 Å². The topological polar surface area (TPSA) is 24.5 Å². The van der Waals surface area contributed by atoms with Crippen molar-refractivity contribution < 1.29 is 4.74 Å². The van der Waals surface area contributed by atoms with Gasteiger partial charge in [-0.1, -0.05) is 6.07 Å². The quantitative estimate of drug-likeness (QED) is 0.867. The van der Waals surface area contributed by atoms with E-state index >= 15 is 0 Å². The monoisotopic (exact) mass is 234 g/mol. The second-order valence-electron chi connectivity index (χ2n) is 4.73. The van der Waals surface area contributed by atoms with E-state index in [1.807, 2.05) is 7.05 Å². The Morgan fingerprint density at radius 2 is 2.00 bits per heavy atom. The van der Waals surface area contributed by atoms with Gasteiger partial charge in [-0.25, -0.2) is 0 Å². The third kappa shape index (κ3) is 2.72. The molecule has 0 unspecified atom stereocenters. The Morgan fingerprint density at radius 1 is 1.29 bits per heavy atom. The molecule has 0 aromatic heterocycles. The van der Waals surface area contributed by atoms with Gasteiger partial charge in [0, 0.05) is 19.1 Å². The highest BCUT2D eigenvalue weighted by molar-refractivity contribution is 5.60. The van der Waals surface area contributed by atoms with Crippen LogP contribution in [0.4, 0.5) is 5.69 Å². The number of benzene rings is 1. The van der Waals surface area contributed by atoms with E-state index in [9.17, 15) is 0 Å². The average molecular weight is 234 g/mol. The fourth-order valence-electron chi connectivity index (χ4n) is 2.46. The molecule has 0 bridgehead atoms. The normalized spacial score (nSPS) is 17.2. The van der Waals surface area contributed by atoms with Crippen molar-refractivity contribution in [2.75, 3.05) is 32.1 Å². The van der Waals surface area contributed by atoms with Crippen LogP contribution in [0.2, 0.25) is 0 Å². The molecule has 1 aliphatic heterocycles. The van der Waals surface area contributed by atoms with E-state index in [1.165, 1.54) is 24.1 Å². The summed E-state index contributed by atoms with van der Waals surface area (Å²) >= 11 is 0. The molecule has 1 saturated heterocycles. The number of nitrogens with one attached hydrogen (secondary N) is 1. The lowest BCUT2D eigenvalue weighted by Crippen LogP contribution is -2.41. The molecule has 1 aromatic carbocycles. The van der Waals surface area contributed by atoms with Crippen LogP contribution >= 0.6 is 0 Å². The molecule has 1 heterocycles. The van der Waals surface area contributed by atoms with Crippen LogP contribution in [-0.2, 0) is 0 Å². The Balaban J connectivity index is 2.14. The van der Waals surface area contributed by atoms with E-state index in [4.69, 9.17) is 4.74 Å². The van der Waals surface area contributed by atoms with Gasteiger partial charge in [0.15, 0.2) is 0 Å². The Hall–Kier alpha value is -1.22. The van der Waals surface area contributed by atoms with Gasteiger partial charge in [-0.3, -0.25) is 0 Å². The lowest BCUT2D eigenvalue weighted by Gasteiger charge is -2.34. The number of aryl methyl sites for hydroxylation is 1. The van der Waals surface area contributed by atoms with E-state index in [0.29, 0.717) is 6.04 Å². The number of anilines is 1. The van der Waals surface area contributed by atoms with E-state index in [2.05, 4.69) is 35.3 Å². The van der Waals surface area contributed by atoms with Crippen LogP contribution in [0.3, 0.4) is 0 Å². The standard InChI is InChI=1S/C14H22N2O/c1-11-4-5-14(17-3)13(10-11)16-8-6-12(15-2)7-9-16/h4-5,10,12,15H,6-9H2,1-3H3. The van der Waals surface area contributed by atoms with Gasteiger partial charge >= 0.3 is 0 Å². The molecule has 0 aliphatic carbocycles. The minimum atomic E-state index is 0.669. The predicted octanol–water partition coefficient (Wildman–Crippen LogP) is 2.19. The highest BCUT2D eigenvalue weighted by Gasteiger charge is 2.20. The molecule has 0 saturated carbocycles.